The van der Waals surface area contributed by atoms with E-state index in [-0.39, 0.29) is 6.61 Å². The molecule has 0 spiro atoms. The Morgan fingerprint density at radius 3 is 3.07 bits per heavy atom. The number of rotatable bonds is 3. The Kier molecular flexibility index (Phi) is 3.67. The molecule has 1 aromatic rings. The van der Waals surface area contributed by atoms with Gasteiger partial charge < -0.3 is 9.84 Å². The Hall–Kier alpha value is -1.84. The topological polar surface area (TPSA) is 59.4 Å². The lowest BCUT2D eigenvalue weighted by Crippen LogP contribution is -2.06. The second kappa shape index (κ2) is 5.01. The molecule has 0 saturated heterocycles. The van der Waals surface area contributed by atoms with Crippen molar-refractivity contribution >= 4 is 12.0 Å². The van der Waals surface area contributed by atoms with Gasteiger partial charge in [0.1, 0.15) is 0 Å². The van der Waals surface area contributed by atoms with Gasteiger partial charge in [0.2, 0.25) is 5.76 Å². The van der Waals surface area contributed by atoms with Gasteiger partial charge in [0, 0.05) is 12.4 Å². The highest BCUT2D eigenvalue weighted by Gasteiger charge is 2.07. The predicted molar refractivity (Wildman–Crippen MR) is 51.5 cm³/mol. The smallest absolute Gasteiger partial charge is 0.373 e. The number of hydrogen-bond donors (Lipinski definition) is 1. The van der Waals surface area contributed by atoms with Gasteiger partial charge in [0.25, 0.3) is 0 Å². The number of hydrogen-bond acceptors (Lipinski definition) is 4. The average molecular weight is 193 g/mol. The van der Waals surface area contributed by atoms with E-state index in [0.29, 0.717) is 5.56 Å². The minimum Gasteiger partial charge on any atom is -0.502 e. The van der Waals surface area contributed by atoms with Gasteiger partial charge in [-0.05, 0) is 24.6 Å². The third-order valence-electron chi connectivity index (χ3n) is 1.47. The summed E-state index contributed by atoms with van der Waals surface area (Å²) < 4.78 is 4.60. The molecule has 0 amide bonds. The van der Waals surface area contributed by atoms with Crippen LogP contribution < -0.4 is 0 Å². The van der Waals surface area contributed by atoms with Crippen molar-refractivity contribution in [2.24, 2.45) is 0 Å². The summed E-state index contributed by atoms with van der Waals surface area (Å²) in [6.45, 7) is 1.92. The number of carbonyl (C=O) groups excluding carboxylic acids is 1. The van der Waals surface area contributed by atoms with E-state index in [0.717, 1.165) is 0 Å². The fraction of sp³-hybridized carbons (Fsp3) is 0.200. The van der Waals surface area contributed by atoms with Crippen LogP contribution in [0, 0.1) is 0 Å². The van der Waals surface area contributed by atoms with E-state index in [1.54, 1.807) is 25.3 Å². The molecular formula is C10H11NO3. The van der Waals surface area contributed by atoms with Crippen molar-refractivity contribution < 1.29 is 14.6 Å². The molecule has 4 nitrogen and oxygen atoms in total. The summed E-state index contributed by atoms with van der Waals surface area (Å²) in [7, 11) is 0. The van der Waals surface area contributed by atoms with E-state index in [2.05, 4.69) is 9.72 Å². The summed E-state index contributed by atoms with van der Waals surface area (Å²) in [5, 5.41) is 9.26. The van der Waals surface area contributed by atoms with Crippen LogP contribution in [0.1, 0.15) is 12.5 Å². The van der Waals surface area contributed by atoms with Crippen LogP contribution in [-0.2, 0) is 9.53 Å². The molecule has 0 aliphatic carbocycles. The lowest BCUT2D eigenvalue weighted by atomic mass is 10.2. The Morgan fingerprint density at radius 2 is 2.50 bits per heavy atom. The molecule has 0 unspecified atom stereocenters. The summed E-state index contributed by atoms with van der Waals surface area (Å²) in [6, 6.07) is 3.44. The Balaban J connectivity index is 2.74. The first-order chi connectivity index (χ1) is 6.74. The van der Waals surface area contributed by atoms with E-state index < -0.39 is 11.7 Å². The average Bonchev–Trinajstić information content (AvgIpc) is 2.19. The highest BCUT2D eigenvalue weighted by atomic mass is 16.5. The SMILES string of the molecule is CCOC(=O)/C(O)=C/c1cccnc1. The van der Waals surface area contributed by atoms with Crippen molar-refractivity contribution in [2.45, 2.75) is 6.92 Å². The maximum Gasteiger partial charge on any atom is 0.373 e. The van der Waals surface area contributed by atoms with Gasteiger partial charge in [0.05, 0.1) is 6.61 Å². The minimum absolute atomic E-state index is 0.240. The van der Waals surface area contributed by atoms with Crippen molar-refractivity contribution in [1.29, 1.82) is 0 Å². The van der Waals surface area contributed by atoms with Gasteiger partial charge in [0.15, 0.2) is 0 Å². The first-order valence-corrected chi connectivity index (χ1v) is 4.22. The Labute approximate surface area is 81.9 Å². The molecule has 0 atom stereocenters. The van der Waals surface area contributed by atoms with Crippen molar-refractivity contribution in [2.75, 3.05) is 6.61 Å². The summed E-state index contributed by atoms with van der Waals surface area (Å²) in [4.78, 5) is 14.8. The number of aromatic nitrogens is 1. The van der Waals surface area contributed by atoms with Gasteiger partial charge in [-0.15, -0.1) is 0 Å². The molecule has 0 radical (unpaired) electrons. The standard InChI is InChI=1S/C10H11NO3/c1-2-14-10(13)9(12)6-8-4-3-5-11-7-8/h3-7,12H,2H2,1H3/b9-6-. The van der Waals surface area contributed by atoms with Crippen molar-refractivity contribution in [3.63, 3.8) is 0 Å². The van der Waals surface area contributed by atoms with Crippen LogP contribution in [0.2, 0.25) is 0 Å². The van der Waals surface area contributed by atoms with Gasteiger partial charge in [-0.1, -0.05) is 6.07 Å². The molecule has 0 bridgehead atoms. The molecule has 1 N–H and O–H groups in total. The molecule has 4 heteroatoms. The largest absolute Gasteiger partial charge is 0.502 e. The van der Waals surface area contributed by atoms with Crippen LogP contribution in [0.5, 0.6) is 0 Å². The number of aliphatic hydroxyl groups is 1. The quantitative estimate of drug-likeness (QED) is 0.449. The Bertz CT molecular complexity index is 332. The number of nitrogens with zero attached hydrogens (tertiary/aromatic N) is 1. The van der Waals surface area contributed by atoms with Crippen molar-refractivity contribution in [3.05, 3.63) is 35.8 Å². The first-order valence-electron chi connectivity index (χ1n) is 4.22. The molecule has 0 fully saturated rings. The van der Waals surface area contributed by atoms with E-state index >= 15 is 0 Å². The van der Waals surface area contributed by atoms with E-state index in [1.807, 2.05) is 0 Å². The van der Waals surface area contributed by atoms with Gasteiger partial charge in [-0.3, -0.25) is 4.98 Å². The highest BCUT2D eigenvalue weighted by Crippen LogP contribution is 2.03. The highest BCUT2D eigenvalue weighted by molar-refractivity contribution is 5.90. The molecule has 1 aromatic heterocycles. The summed E-state index contributed by atoms with van der Waals surface area (Å²) in [6.07, 6.45) is 4.46. The monoisotopic (exact) mass is 193 g/mol. The third kappa shape index (κ3) is 2.90. The summed E-state index contributed by atoms with van der Waals surface area (Å²) in [5.41, 5.74) is 0.651. The lowest BCUT2D eigenvalue weighted by Gasteiger charge is -1.99. The third-order valence-corrected chi connectivity index (χ3v) is 1.47. The van der Waals surface area contributed by atoms with Crippen LogP contribution in [0.15, 0.2) is 30.3 Å². The minimum atomic E-state index is -0.726. The number of aliphatic hydroxyl groups excluding tert-OH is 1. The zero-order valence-corrected chi connectivity index (χ0v) is 7.80. The molecule has 74 valence electrons. The number of esters is 1. The van der Waals surface area contributed by atoms with Gasteiger partial charge >= 0.3 is 5.97 Å². The van der Waals surface area contributed by atoms with Crippen LogP contribution in [0.4, 0.5) is 0 Å². The summed E-state index contributed by atoms with van der Waals surface area (Å²) >= 11 is 0. The van der Waals surface area contributed by atoms with Crippen molar-refractivity contribution in [1.82, 2.24) is 4.98 Å². The lowest BCUT2D eigenvalue weighted by molar-refractivity contribution is -0.141. The first kappa shape index (κ1) is 10.2. The molecule has 1 heterocycles. The fourth-order valence-electron chi connectivity index (χ4n) is 0.883. The van der Waals surface area contributed by atoms with Crippen LogP contribution in [0.3, 0.4) is 0 Å². The molecule has 0 aliphatic rings. The maximum atomic E-state index is 11.0. The zero-order chi connectivity index (χ0) is 10.4. The normalized spacial score (nSPS) is 11.1. The van der Waals surface area contributed by atoms with E-state index in [1.165, 1.54) is 12.3 Å². The summed E-state index contributed by atoms with van der Waals surface area (Å²) in [5.74, 6) is -1.14. The second-order valence-electron chi connectivity index (χ2n) is 2.54. The number of ether oxygens (including phenoxy) is 1. The van der Waals surface area contributed by atoms with Crippen LogP contribution in [-0.4, -0.2) is 22.7 Å². The van der Waals surface area contributed by atoms with E-state index in [9.17, 15) is 9.90 Å². The molecular weight excluding hydrogens is 182 g/mol. The number of pyridine rings is 1. The van der Waals surface area contributed by atoms with Crippen LogP contribution in [0.25, 0.3) is 6.08 Å². The van der Waals surface area contributed by atoms with E-state index in [4.69, 9.17) is 0 Å². The van der Waals surface area contributed by atoms with Crippen LogP contribution >= 0.6 is 0 Å². The van der Waals surface area contributed by atoms with Gasteiger partial charge in [-0.2, -0.15) is 0 Å². The molecule has 14 heavy (non-hydrogen) atoms. The van der Waals surface area contributed by atoms with Gasteiger partial charge in [-0.25, -0.2) is 4.79 Å². The fourth-order valence-corrected chi connectivity index (χ4v) is 0.883. The molecule has 0 aliphatic heterocycles. The second-order valence-corrected chi connectivity index (χ2v) is 2.54. The maximum absolute atomic E-state index is 11.0. The molecule has 1 rings (SSSR count). The van der Waals surface area contributed by atoms with Crippen molar-refractivity contribution in [3.8, 4) is 0 Å². The molecule has 0 aromatic carbocycles. The predicted octanol–water partition coefficient (Wildman–Crippen LogP) is 1.54. The Morgan fingerprint density at radius 1 is 1.71 bits per heavy atom. The zero-order valence-electron chi connectivity index (χ0n) is 7.80. The molecule has 0 saturated carbocycles. The number of carbonyl (C=O) groups is 1.